The highest BCUT2D eigenvalue weighted by molar-refractivity contribution is 7.18. The van der Waals surface area contributed by atoms with Crippen LogP contribution in [0.25, 0.3) is 0 Å². The van der Waals surface area contributed by atoms with Crippen molar-refractivity contribution in [3.8, 4) is 0 Å². The number of methoxy groups -OCH3 is 2. The van der Waals surface area contributed by atoms with Crippen LogP contribution in [0.4, 0.5) is 5.00 Å². The summed E-state index contributed by atoms with van der Waals surface area (Å²) in [5, 5.41) is 0.0938. The van der Waals surface area contributed by atoms with E-state index in [2.05, 4.69) is 0 Å². The number of esters is 3. The van der Waals surface area contributed by atoms with E-state index in [9.17, 15) is 14.4 Å². The molecule has 0 aliphatic carbocycles. The molecule has 2 N–H and O–H groups in total. The standard InChI is InChI=1S/C19H24N2O6S/c1-9(2)21-10(3)7-12(11(21)4)17(22)27-8-13-14(18(23)25-5)16(20)28-15(13)19(24)26-6/h7,9H,8,20H2,1-6H3. The monoisotopic (exact) mass is 408 g/mol. The molecule has 9 heteroatoms. The Labute approximate surface area is 167 Å². The molecule has 2 heterocycles. The first-order valence-electron chi connectivity index (χ1n) is 8.57. The molecule has 2 rings (SSSR count). The lowest BCUT2D eigenvalue weighted by Gasteiger charge is -2.13. The van der Waals surface area contributed by atoms with Gasteiger partial charge in [-0.1, -0.05) is 0 Å². The summed E-state index contributed by atoms with van der Waals surface area (Å²) in [4.78, 5) is 36.9. The van der Waals surface area contributed by atoms with Gasteiger partial charge in [0.05, 0.1) is 19.8 Å². The molecule has 0 saturated heterocycles. The molecule has 0 fully saturated rings. The van der Waals surface area contributed by atoms with Crippen molar-refractivity contribution >= 4 is 34.2 Å². The fraction of sp³-hybridized carbons (Fsp3) is 0.421. The summed E-state index contributed by atoms with van der Waals surface area (Å²) in [7, 11) is 2.42. The smallest absolute Gasteiger partial charge is 0.348 e. The number of nitrogens with two attached hydrogens (primary N) is 1. The van der Waals surface area contributed by atoms with Gasteiger partial charge in [0.15, 0.2) is 0 Å². The predicted molar refractivity (Wildman–Crippen MR) is 105 cm³/mol. The molecule has 152 valence electrons. The molecule has 0 saturated carbocycles. The summed E-state index contributed by atoms with van der Waals surface area (Å²) >= 11 is 0.885. The molecule has 0 aliphatic rings. The van der Waals surface area contributed by atoms with Gasteiger partial charge in [-0.3, -0.25) is 0 Å². The van der Waals surface area contributed by atoms with Gasteiger partial charge >= 0.3 is 17.9 Å². The van der Waals surface area contributed by atoms with Crippen molar-refractivity contribution in [1.82, 2.24) is 4.57 Å². The zero-order valence-electron chi connectivity index (χ0n) is 16.7. The van der Waals surface area contributed by atoms with Crippen LogP contribution in [0.5, 0.6) is 0 Å². The highest BCUT2D eigenvalue weighted by Gasteiger charge is 2.28. The van der Waals surface area contributed by atoms with E-state index in [0.29, 0.717) is 5.56 Å². The topological polar surface area (TPSA) is 110 Å². The first-order valence-corrected chi connectivity index (χ1v) is 9.38. The Morgan fingerprint density at radius 3 is 2.21 bits per heavy atom. The number of nitrogens with zero attached hydrogens (tertiary/aromatic N) is 1. The van der Waals surface area contributed by atoms with Crippen LogP contribution in [0.3, 0.4) is 0 Å². The average Bonchev–Trinajstić information content (AvgIpc) is 3.14. The van der Waals surface area contributed by atoms with E-state index in [1.54, 1.807) is 6.07 Å². The van der Waals surface area contributed by atoms with E-state index in [-0.39, 0.29) is 33.7 Å². The molecule has 0 bridgehead atoms. The second-order valence-electron chi connectivity index (χ2n) is 6.46. The van der Waals surface area contributed by atoms with Crippen molar-refractivity contribution in [2.24, 2.45) is 0 Å². The fourth-order valence-corrected chi connectivity index (χ4v) is 4.18. The van der Waals surface area contributed by atoms with E-state index in [1.807, 2.05) is 32.3 Å². The van der Waals surface area contributed by atoms with Crippen LogP contribution in [-0.2, 0) is 20.8 Å². The van der Waals surface area contributed by atoms with E-state index in [0.717, 1.165) is 22.7 Å². The third-order valence-electron chi connectivity index (χ3n) is 4.36. The number of ether oxygens (including phenoxy) is 3. The Bertz CT molecular complexity index is 925. The highest BCUT2D eigenvalue weighted by Crippen LogP contribution is 2.33. The summed E-state index contributed by atoms with van der Waals surface area (Å²) in [6.07, 6.45) is 0. The van der Waals surface area contributed by atoms with Crippen LogP contribution >= 0.6 is 11.3 Å². The van der Waals surface area contributed by atoms with Gasteiger partial charge in [0.25, 0.3) is 0 Å². The molecule has 28 heavy (non-hydrogen) atoms. The molecular weight excluding hydrogens is 384 g/mol. The van der Waals surface area contributed by atoms with Crippen LogP contribution in [0.2, 0.25) is 0 Å². The van der Waals surface area contributed by atoms with Crippen molar-refractivity contribution in [3.05, 3.63) is 39.0 Å². The summed E-state index contributed by atoms with van der Waals surface area (Å²) in [6, 6.07) is 1.94. The molecule has 2 aromatic rings. The van der Waals surface area contributed by atoms with Crippen molar-refractivity contribution in [3.63, 3.8) is 0 Å². The lowest BCUT2D eigenvalue weighted by Crippen LogP contribution is -2.13. The zero-order valence-corrected chi connectivity index (χ0v) is 17.6. The highest BCUT2D eigenvalue weighted by atomic mass is 32.1. The Balaban J connectivity index is 2.36. The maximum absolute atomic E-state index is 12.6. The molecule has 0 unspecified atom stereocenters. The molecule has 0 atom stereocenters. The van der Waals surface area contributed by atoms with Crippen LogP contribution in [0.1, 0.15) is 67.2 Å². The molecular formula is C19H24N2O6S. The minimum atomic E-state index is -0.715. The fourth-order valence-electron chi connectivity index (χ4n) is 3.20. The van der Waals surface area contributed by atoms with Crippen LogP contribution < -0.4 is 5.73 Å². The normalized spacial score (nSPS) is 10.8. The van der Waals surface area contributed by atoms with Gasteiger partial charge < -0.3 is 24.5 Å². The van der Waals surface area contributed by atoms with Gasteiger partial charge in [-0.25, -0.2) is 14.4 Å². The van der Waals surface area contributed by atoms with Gasteiger partial charge in [-0.15, -0.1) is 11.3 Å². The number of nitrogen functional groups attached to an aromatic ring is 1. The van der Waals surface area contributed by atoms with Crippen LogP contribution in [-0.4, -0.2) is 36.7 Å². The third-order valence-corrected chi connectivity index (χ3v) is 5.40. The van der Waals surface area contributed by atoms with Gasteiger partial charge in [-0.05, 0) is 33.8 Å². The number of carbonyl (C=O) groups is 3. The molecule has 0 radical (unpaired) electrons. The SMILES string of the molecule is COC(=O)c1sc(N)c(C(=O)OC)c1COC(=O)c1cc(C)n(C(C)C)c1C. The van der Waals surface area contributed by atoms with Crippen molar-refractivity contribution in [2.45, 2.75) is 40.3 Å². The summed E-state index contributed by atoms with van der Waals surface area (Å²) in [6.45, 7) is 7.48. The number of carbonyl (C=O) groups excluding carboxylic acids is 3. The number of thiophene rings is 1. The Kier molecular flexibility index (Phi) is 6.50. The number of hydrogen-bond donors (Lipinski definition) is 1. The molecule has 0 amide bonds. The first kappa shape index (κ1) is 21.5. The van der Waals surface area contributed by atoms with E-state index >= 15 is 0 Å². The Morgan fingerprint density at radius 2 is 1.71 bits per heavy atom. The Morgan fingerprint density at radius 1 is 1.11 bits per heavy atom. The average molecular weight is 408 g/mol. The third kappa shape index (κ3) is 3.89. The van der Waals surface area contributed by atoms with Crippen molar-refractivity contribution in [1.29, 1.82) is 0 Å². The lowest BCUT2D eigenvalue weighted by molar-refractivity contribution is 0.0451. The molecule has 8 nitrogen and oxygen atoms in total. The predicted octanol–water partition coefficient (Wildman–Crippen LogP) is 3.26. The quantitative estimate of drug-likeness (QED) is 0.577. The second-order valence-corrected chi connectivity index (χ2v) is 7.51. The Hall–Kier alpha value is -2.81. The molecule has 2 aromatic heterocycles. The van der Waals surface area contributed by atoms with Crippen molar-refractivity contribution in [2.75, 3.05) is 20.0 Å². The maximum Gasteiger partial charge on any atom is 0.348 e. The molecule has 0 aliphatic heterocycles. The second kappa shape index (κ2) is 8.47. The number of aryl methyl sites for hydroxylation is 1. The minimum absolute atomic E-state index is 0.00773. The van der Waals surface area contributed by atoms with Crippen molar-refractivity contribution < 1.29 is 28.6 Å². The van der Waals surface area contributed by atoms with Crippen LogP contribution in [0.15, 0.2) is 6.07 Å². The van der Waals surface area contributed by atoms with Crippen LogP contribution in [0, 0.1) is 13.8 Å². The van der Waals surface area contributed by atoms with Gasteiger partial charge in [0.2, 0.25) is 0 Å². The minimum Gasteiger partial charge on any atom is -0.465 e. The maximum atomic E-state index is 12.6. The summed E-state index contributed by atoms with van der Waals surface area (Å²) in [5.41, 5.74) is 8.20. The van der Waals surface area contributed by atoms with E-state index in [4.69, 9.17) is 19.9 Å². The molecule has 0 spiro atoms. The lowest BCUT2D eigenvalue weighted by atomic mass is 10.1. The van der Waals surface area contributed by atoms with Gasteiger partial charge in [0.1, 0.15) is 22.0 Å². The number of rotatable bonds is 6. The summed E-state index contributed by atoms with van der Waals surface area (Å²) < 4.78 is 16.9. The number of aromatic nitrogens is 1. The van der Waals surface area contributed by atoms with Gasteiger partial charge in [0, 0.05) is 23.0 Å². The number of anilines is 1. The first-order chi connectivity index (χ1) is 13.1. The van der Waals surface area contributed by atoms with Gasteiger partial charge in [-0.2, -0.15) is 0 Å². The van der Waals surface area contributed by atoms with E-state index in [1.165, 1.54) is 14.2 Å². The molecule has 0 aromatic carbocycles. The number of hydrogen-bond acceptors (Lipinski definition) is 8. The largest absolute Gasteiger partial charge is 0.465 e. The van der Waals surface area contributed by atoms with E-state index < -0.39 is 17.9 Å². The zero-order chi connectivity index (χ0) is 21.2. The summed E-state index contributed by atoms with van der Waals surface area (Å²) in [5.74, 6) is -1.94.